The van der Waals surface area contributed by atoms with E-state index in [0.717, 1.165) is 23.2 Å². The molecule has 0 N–H and O–H groups in total. The Morgan fingerprint density at radius 1 is 1.17 bits per heavy atom. The minimum Gasteiger partial charge on any atom is -0.497 e. The first-order chi connectivity index (χ1) is 11.2. The Labute approximate surface area is 134 Å². The Morgan fingerprint density at radius 2 is 1.96 bits per heavy atom. The van der Waals surface area contributed by atoms with Crippen LogP contribution in [-0.4, -0.2) is 28.4 Å². The van der Waals surface area contributed by atoms with E-state index in [9.17, 15) is 4.79 Å². The number of benzene rings is 2. The third-order valence-electron chi connectivity index (χ3n) is 3.67. The van der Waals surface area contributed by atoms with Crippen molar-refractivity contribution < 1.29 is 9.53 Å². The van der Waals surface area contributed by atoms with Gasteiger partial charge in [-0.1, -0.05) is 47.2 Å². The van der Waals surface area contributed by atoms with Crippen molar-refractivity contribution in [2.45, 2.75) is 13.5 Å². The number of aldehydes is 1. The predicted octanol–water partition coefficient (Wildman–Crippen LogP) is 3.12. The van der Waals surface area contributed by atoms with Gasteiger partial charge in [0.05, 0.1) is 19.3 Å². The first-order valence-corrected chi connectivity index (χ1v) is 7.30. The van der Waals surface area contributed by atoms with Gasteiger partial charge >= 0.3 is 0 Å². The second kappa shape index (κ2) is 6.44. The average molecular weight is 307 g/mol. The van der Waals surface area contributed by atoms with E-state index in [1.165, 1.54) is 5.56 Å². The molecule has 0 atom stereocenters. The molecule has 0 spiro atoms. The zero-order valence-electron chi connectivity index (χ0n) is 13.1. The Morgan fingerprint density at radius 3 is 2.65 bits per heavy atom. The van der Waals surface area contributed by atoms with E-state index >= 15 is 0 Å². The van der Waals surface area contributed by atoms with Crippen LogP contribution >= 0.6 is 0 Å². The molecule has 1 aromatic heterocycles. The molecule has 2 aromatic carbocycles. The van der Waals surface area contributed by atoms with Crippen molar-refractivity contribution in [1.29, 1.82) is 0 Å². The van der Waals surface area contributed by atoms with E-state index in [1.807, 2.05) is 43.3 Å². The maximum Gasteiger partial charge on any atom is 0.172 e. The molecule has 0 saturated heterocycles. The Hall–Kier alpha value is -2.95. The maximum absolute atomic E-state index is 11.3. The van der Waals surface area contributed by atoms with Crippen LogP contribution in [0.2, 0.25) is 0 Å². The molecule has 5 nitrogen and oxygen atoms in total. The number of rotatable bonds is 5. The topological polar surface area (TPSA) is 57.0 Å². The summed E-state index contributed by atoms with van der Waals surface area (Å²) in [6, 6.07) is 15.7. The van der Waals surface area contributed by atoms with Gasteiger partial charge in [0.25, 0.3) is 0 Å². The Bertz CT molecular complexity index is 823. The van der Waals surface area contributed by atoms with Crippen molar-refractivity contribution >= 4 is 6.29 Å². The molecule has 116 valence electrons. The lowest BCUT2D eigenvalue weighted by Gasteiger charge is -2.09. The molecule has 0 radical (unpaired) electrons. The summed E-state index contributed by atoms with van der Waals surface area (Å²) >= 11 is 0. The van der Waals surface area contributed by atoms with Crippen LogP contribution < -0.4 is 4.74 Å². The monoisotopic (exact) mass is 307 g/mol. The fourth-order valence-electron chi connectivity index (χ4n) is 2.45. The summed E-state index contributed by atoms with van der Waals surface area (Å²) in [7, 11) is 1.61. The first-order valence-electron chi connectivity index (χ1n) is 7.30. The van der Waals surface area contributed by atoms with E-state index in [-0.39, 0.29) is 0 Å². The lowest BCUT2D eigenvalue weighted by atomic mass is 10.1. The standard InChI is InChI=1S/C18H17N3O2/c1-13-6-8-14(9-7-13)11-21-18(17(12-22)19-20-21)15-4-3-5-16(10-15)23-2/h3-10,12H,11H2,1-2H3. The average Bonchev–Trinajstić information content (AvgIpc) is 2.99. The van der Waals surface area contributed by atoms with Gasteiger partial charge in [-0.3, -0.25) is 4.79 Å². The quantitative estimate of drug-likeness (QED) is 0.680. The normalized spacial score (nSPS) is 10.5. The fraction of sp³-hybridized carbons (Fsp3) is 0.167. The van der Waals surface area contributed by atoms with Crippen LogP contribution in [0, 0.1) is 6.92 Å². The van der Waals surface area contributed by atoms with Crippen LogP contribution in [0.15, 0.2) is 48.5 Å². The van der Waals surface area contributed by atoms with Crippen molar-refractivity contribution in [2.24, 2.45) is 0 Å². The van der Waals surface area contributed by atoms with Crippen LogP contribution in [0.5, 0.6) is 5.75 Å². The summed E-state index contributed by atoms with van der Waals surface area (Å²) < 4.78 is 7.00. The smallest absolute Gasteiger partial charge is 0.172 e. The molecule has 5 heteroatoms. The van der Waals surface area contributed by atoms with E-state index in [4.69, 9.17) is 4.74 Å². The van der Waals surface area contributed by atoms with Gasteiger partial charge in [-0.15, -0.1) is 5.10 Å². The molecule has 3 rings (SSSR count). The van der Waals surface area contributed by atoms with Crippen LogP contribution in [0.25, 0.3) is 11.3 Å². The maximum atomic E-state index is 11.3. The molecule has 0 bridgehead atoms. The number of aromatic nitrogens is 3. The summed E-state index contributed by atoms with van der Waals surface area (Å²) in [6.45, 7) is 2.60. The number of carbonyl (C=O) groups excluding carboxylic acids is 1. The van der Waals surface area contributed by atoms with Gasteiger partial charge < -0.3 is 4.74 Å². The first kappa shape index (κ1) is 15.0. The molecule has 0 saturated carbocycles. The van der Waals surface area contributed by atoms with Crippen molar-refractivity contribution in [1.82, 2.24) is 15.0 Å². The second-order valence-corrected chi connectivity index (χ2v) is 5.32. The third kappa shape index (κ3) is 3.13. The summed E-state index contributed by atoms with van der Waals surface area (Å²) in [5, 5.41) is 8.12. The molecule has 1 heterocycles. The van der Waals surface area contributed by atoms with Crippen molar-refractivity contribution in [3.8, 4) is 17.0 Å². The molecule has 0 aliphatic carbocycles. The van der Waals surface area contributed by atoms with Crippen molar-refractivity contribution in [3.63, 3.8) is 0 Å². The molecule has 0 aliphatic heterocycles. The molecule has 0 fully saturated rings. The van der Waals surface area contributed by atoms with Crippen LogP contribution in [0.1, 0.15) is 21.6 Å². The lowest BCUT2D eigenvalue weighted by Crippen LogP contribution is -2.04. The molecule has 23 heavy (non-hydrogen) atoms. The number of methoxy groups -OCH3 is 1. The molecule has 0 unspecified atom stereocenters. The number of ether oxygens (including phenoxy) is 1. The van der Waals surface area contributed by atoms with E-state index in [2.05, 4.69) is 22.4 Å². The zero-order chi connectivity index (χ0) is 16.2. The number of hydrogen-bond acceptors (Lipinski definition) is 4. The minimum atomic E-state index is 0.324. The summed E-state index contributed by atoms with van der Waals surface area (Å²) in [4.78, 5) is 11.3. The third-order valence-corrected chi connectivity index (χ3v) is 3.67. The van der Waals surface area contributed by atoms with Gasteiger partial charge in [0.15, 0.2) is 12.0 Å². The van der Waals surface area contributed by atoms with Crippen molar-refractivity contribution in [3.05, 3.63) is 65.4 Å². The van der Waals surface area contributed by atoms with E-state index in [0.29, 0.717) is 17.9 Å². The number of carbonyl (C=O) groups is 1. The molecule has 3 aromatic rings. The lowest BCUT2D eigenvalue weighted by molar-refractivity contribution is 0.111. The second-order valence-electron chi connectivity index (χ2n) is 5.32. The Balaban J connectivity index is 2.03. The van der Waals surface area contributed by atoms with Gasteiger partial charge in [0.1, 0.15) is 5.75 Å². The highest BCUT2D eigenvalue weighted by atomic mass is 16.5. The minimum absolute atomic E-state index is 0.324. The fourth-order valence-corrected chi connectivity index (χ4v) is 2.45. The number of hydrogen-bond donors (Lipinski definition) is 0. The largest absolute Gasteiger partial charge is 0.497 e. The molecular formula is C18H17N3O2. The van der Waals surface area contributed by atoms with Gasteiger partial charge in [-0.25, -0.2) is 4.68 Å². The Kier molecular flexibility index (Phi) is 4.19. The molecular weight excluding hydrogens is 290 g/mol. The van der Waals surface area contributed by atoms with Gasteiger partial charge in [0.2, 0.25) is 0 Å². The van der Waals surface area contributed by atoms with Gasteiger partial charge in [-0.2, -0.15) is 0 Å². The number of nitrogens with zero attached hydrogens (tertiary/aromatic N) is 3. The summed E-state index contributed by atoms with van der Waals surface area (Å²) in [5.74, 6) is 0.724. The van der Waals surface area contributed by atoms with Gasteiger partial charge in [0, 0.05) is 5.56 Å². The highest BCUT2D eigenvalue weighted by Gasteiger charge is 2.15. The van der Waals surface area contributed by atoms with Crippen LogP contribution in [0.3, 0.4) is 0 Å². The predicted molar refractivity (Wildman–Crippen MR) is 87.7 cm³/mol. The van der Waals surface area contributed by atoms with E-state index < -0.39 is 0 Å². The van der Waals surface area contributed by atoms with E-state index in [1.54, 1.807) is 11.8 Å². The summed E-state index contributed by atoms with van der Waals surface area (Å²) in [6.07, 6.45) is 0.730. The number of aryl methyl sites for hydroxylation is 1. The van der Waals surface area contributed by atoms with Crippen LogP contribution in [0.4, 0.5) is 0 Å². The zero-order valence-corrected chi connectivity index (χ0v) is 13.1. The summed E-state index contributed by atoms with van der Waals surface area (Å²) in [5.41, 5.74) is 4.17. The van der Waals surface area contributed by atoms with Gasteiger partial charge in [-0.05, 0) is 24.6 Å². The molecule has 0 amide bonds. The van der Waals surface area contributed by atoms with Crippen LogP contribution in [-0.2, 0) is 6.54 Å². The SMILES string of the molecule is COc1cccc(-c2c(C=O)nnn2Cc2ccc(C)cc2)c1. The highest BCUT2D eigenvalue weighted by molar-refractivity contribution is 5.83. The highest BCUT2D eigenvalue weighted by Crippen LogP contribution is 2.26. The van der Waals surface area contributed by atoms with Crippen molar-refractivity contribution in [2.75, 3.05) is 7.11 Å². The molecule has 0 aliphatic rings.